The zero-order valence-corrected chi connectivity index (χ0v) is 11.8. The van der Waals surface area contributed by atoms with Crippen LogP contribution in [0, 0.1) is 5.92 Å². The van der Waals surface area contributed by atoms with Gasteiger partial charge in [-0.05, 0) is 19.3 Å². The summed E-state index contributed by atoms with van der Waals surface area (Å²) >= 11 is 3.60. The Hall–Kier alpha value is 0.400. The van der Waals surface area contributed by atoms with Gasteiger partial charge in [-0.15, -0.1) is 0 Å². The second-order valence-electron chi connectivity index (χ2n) is 4.59. The van der Waals surface area contributed by atoms with Crippen LogP contribution in [0.15, 0.2) is 0 Å². The van der Waals surface area contributed by atoms with Gasteiger partial charge in [-0.3, -0.25) is 4.90 Å². The summed E-state index contributed by atoms with van der Waals surface area (Å²) in [5.41, 5.74) is 0. The van der Waals surface area contributed by atoms with Crippen LogP contribution in [0.5, 0.6) is 0 Å². The van der Waals surface area contributed by atoms with Gasteiger partial charge in [-0.25, -0.2) is 0 Å². The largest absolute Gasteiger partial charge is 0.376 e. The van der Waals surface area contributed by atoms with Crippen molar-refractivity contribution in [1.82, 2.24) is 4.90 Å². The Labute approximate surface area is 102 Å². The molecular formula is C12H24BrNO. The Bertz CT molecular complexity index is 173. The summed E-state index contributed by atoms with van der Waals surface area (Å²) in [5, 5.41) is 1.12. The van der Waals surface area contributed by atoms with Crippen molar-refractivity contribution in [3.05, 3.63) is 0 Å². The van der Waals surface area contributed by atoms with E-state index in [2.05, 4.69) is 41.6 Å². The van der Waals surface area contributed by atoms with E-state index in [1.165, 1.54) is 19.4 Å². The van der Waals surface area contributed by atoms with Crippen LogP contribution < -0.4 is 0 Å². The number of hydrogen-bond donors (Lipinski definition) is 0. The van der Waals surface area contributed by atoms with Crippen LogP contribution in [-0.2, 0) is 4.74 Å². The van der Waals surface area contributed by atoms with E-state index in [1.54, 1.807) is 0 Å². The molecule has 0 N–H and O–H groups in total. The van der Waals surface area contributed by atoms with Crippen molar-refractivity contribution in [3.8, 4) is 0 Å². The number of rotatable bonds is 5. The molecule has 1 fully saturated rings. The Morgan fingerprint density at radius 1 is 1.47 bits per heavy atom. The van der Waals surface area contributed by atoms with E-state index in [1.807, 2.05) is 0 Å². The van der Waals surface area contributed by atoms with Gasteiger partial charge in [-0.2, -0.15) is 0 Å². The van der Waals surface area contributed by atoms with Gasteiger partial charge in [0.1, 0.15) is 0 Å². The van der Waals surface area contributed by atoms with Gasteiger partial charge < -0.3 is 4.74 Å². The highest BCUT2D eigenvalue weighted by molar-refractivity contribution is 9.09. The predicted molar refractivity (Wildman–Crippen MR) is 68.6 cm³/mol. The maximum Gasteiger partial charge on any atom is 0.0674 e. The van der Waals surface area contributed by atoms with Crippen LogP contribution >= 0.6 is 15.9 Å². The molecule has 2 nitrogen and oxygen atoms in total. The lowest BCUT2D eigenvalue weighted by atomic mass is 10.0. The van der Waals surface area contributed by atoms with Crippen molar-refractivity contribution in [3.63, 3.8) is 0 Å². The molecule has 0 aliphatic carbocycles. The Kier molecular flexibility index (Phi) is 6.17. The molecule has 0 radical (unpaired) electrons. The van der Waals surface area contributed by atoms with E-state index in [-0.39, 0.29) is 0 Å². The number of nitrogens with zero attached hydrogens (tertiary/aromatic N) is 1. The van der Waals surface area contributed by atoms with Crippen molar-refractivity contribution < 1.29 is 4.74 Å². The molecule has 0 bridgehead atoms. The standard InChI is InChI=1S/C12H24BrNO/c1-4-11(6-13)8-14-7-10(3)15-9-12(14)5-2/h10-12H,4-9H2,1-3H3. The minimum atomic E-state index is 0.403. The van der Waals surface area contributed by atoms with E-state index in [9.17, 15) is 0 Å². The first kappa shape index (κ1) is 13.5. The van der Waals surface area contributed by atoms with Crippen molar-refractivity contribution in [2.45, 2.75) is 45.8 Å². The molecule has 0 aromatic rings. The lowest BCUT2D eigenvalue weighted by Gasteiger charge is -2.39. The molecule has 0 aromatic heterocycles. The number of morpholine rings is 1. The third-order valence-electron chi connectivity index (χ3n) is 3.34. The molecule has 1 saturated heterocycles. The lowest BCUT2D eigenvalue weighted by molar-refractivity contribution is -0.0598. The monoisotopic (exact) mass is 277 g/mol. The van der Waals surface area contributed by atoms with Crippen molar-refractivity contribution in [2.24, 2.45) is 5.92 Å². The highest BCUT2D eigenvalue weighted by Gasteiger charge is 2.26. The number of halogens is 1. The fraction of sp³-hybridized carbons (Fsp3) is 1.00. The predicted octanol–water partition coefficient (Wildman–Crippen LogP) is 2.91. The second kappa shape index (κ2) is 6.87. The summed E-state index contributed by atoms with van der Waals surface area (Å²) in [6, 6.07) is 0.634. The topological polar surface area (TPSA) is 12.5 Å². The van der Waals surface area contributed by atoms with Gasteiger partial charge in [0.2, 0.25) is 0 Å². The third kappa shape index (κ3) is 4.04. The first-order valence-electron chi connectivity index (χ1n) is 6.12. The maximum absolute atomic E-state index is 5.71. The molecule has 1 aliphatic rings. The van der Waals surface area contributed by atoms with Crippen LogP contribution in [0.25, 0.3) is 0 Å². The molecule has 0 amide bonds. The number of hydrogen-bond acceptors (Lipinski definition) is 2. The first-order chi connectivity index (χ1) is 7.21. The van der Waals surface area contributed by atoms with E-state index in [0.717, 1.165) is 24.4 Å². The zero-order chi connectivity index (χ0) is 11.3. The molecular weight excluding hydrogens is 254 g/mol. The van der Waals surface area contributed by atoms with Crippen LogP contribution in [0.3, 0.4) is 0 Å². The molecule has 3 atom stereocenters. The van der Waals surface area contributed by atoms with Gasteiger partial charge in [0.05, 0.1) is 12.7 Å². The van der Waals surface area contributed by atoms with Crippen LogP contribution in [-0.4, -0.2) is 42.1 Å². The fourth-order valence-corrected chi connectivity index (χ4v) is 2.79. The van der Waals surface area contributed by atoms with E-state index in [0.29, 0.717) is 12.1 Å². The van der Waals surface area contributed by atoms with Crippen molar-refractivity contribution in [1.29, 1.82) is 0 Å². The smallest absolute Gasteiger partial charge is 0.0674 e. The zero-order valence-electron chi connectivity index (χ0n) is 10.2. The number of ether oxygens (including phenoxy) is 1. The highest BCUT2D eigenvalue weighted by atomic mass is 79.9. The molecule has 0 saturated carbocycles. The molecule has 15 heavy (non-hydrogen) atoms. The molecule has 0 aromatic carbocycles. The molecule has 3 unspecified atom stereocenters. The Morgan fingerprint density at radius 2 is 2.20 bits per heavy atom. The minimum Gasteiger partial charge on any atom is -0.376 e. The second-order valence-corrected chi connectivity index (χ2v) is 5.24. The van der Waals surface area contributed by atoms with E-state index < -0.39 is 0 Å². The van der Waals surface area contributed by atoms with Gasteiger partial charge in [0.25, 0.3) is 0 Å². The first-order valence-corrected chi connectivity index (χ1v) is 7.24. The van der Waals surface area contributed by atoms with Crippen LogP contribution in [0.2, 0.25) is 0 Å². The molecule has 1 aliphatic heterocycles. The molecule has 1 heterocycles. The third-order valence-corrected chi connectivity index (χ3v) is 4.26. The highest BCUT2D eigenvalue weighted by Crippen LogP contribution is 2.18. The maximum atomic E-state index is 5.71. The summed E-state index contributed by atoms with van der Waals surface area (Å²) in [6.07, 6.45) is 2.86. The summed E-state index contributed by atoms with van der Waals surface area (Å²) in [6.45, 7) is 9.93. The van der Waals surface area contributed by atoms with Crippen LogP contribution in [0.1, 0.15) is 33.6 Å². The lowest BCUT2D eigenvalue weighted by Crippen LogP contribution is -2.50. The summed E-state index contributed by atoms with van der Waals surface area (Å²) < 4.78 is 5.71. The van der Waals surface area contributed by atoms with Gasteiger partial charge >= 0.3 is 0 Å². The Balaban J connectivity index is 2.47. The summed E-state index contributed by atoms with van der Waals surface area (Å²) in [5.74, 6) is 0.782. The van der Waals surface area contributed by atoms with Gasteiger partial charge in [-0.1, -0.05) is 36.2 Å². The average Bonchev–Trinajstić information content (AvgIpc) is 2.26. The fourth-order valence-electron chi connectivity index (χ4n) is 2.13. The average molecular weight is 278 g/mol. The minimum absolute atomic E-state index is 0.403. The number of alkyl halides is 1. The Morgan fingerprint density at radius 3 is 2.73 bits per heavy atom. The van der Waals surface area contributed by atoms with Crippen molar-refractivity contribution >= 4 is 15.9 Å². The van der Waals surface area contributed by atoms with Crippen LogP contribution in [0.4, 0.5) is 0 Å². The quantitative estimate of drug-likeness (QED) is 0.717. The van der Waals surface area contributed by atoms with Gasteiger partial charge in [0, 0.05) is 24.5 Å². The summed E-state index contributed by atoms with van der Waals surface area (Å²) in [4.78, 5) is 2.61. The molecule has 0 spiro atoms. The molecule has 1 rings (SSSR count). The molecule has 90 valence electrons. The van der Waals surface area contributed by atoms with Gasteiger partial charge in [0.15, 0.2) is 0 Å². The van der Waals surface area contributed by atoms with E-state index in [4.69, 9.17) is 4.74 Å². The normalized spacial score (nSPS) is 30.4. The van der Waals surface area contributed by atoms with E-state index >= 15 is 0 Å². The van der Waals surface area contributed by atoms with Crippen molar-refractivity contribution in [2.75, 3.05) is 25.0 Å². The summed E-state index contributed by atoms with van der Waals surface area (Å²) in [7, 11) is 0. The molecule has 3 heteroatoms. The SMILES string of the molecule is CCC(CBr)CN1CC(C)OCC1CC.